The van der Waals surface area contributed by atoms with Crippen LogP contribution in [-0.4, -0.2) is 22.2 Å². The Kier molecular flexibility index (Phi) is 5.90. The molecule has 0 unspecified atom stereocenters. The van der Waals surface area contributed by atoms with Crippen molar-refractivity contribution in [3.63, 3.8) is 0 Å². The molecule has 0 saturated heterocycles. The van der Waals surface area contributed by atoms with Gasteiger partial charge in [-0.15, -0.1) is 0 Å². The lowest BCUT2D eigenvalue weighted by Crippen LogP contribution is -2.06. The number of fused-ring (bicyclic) bond motifs is 1. The molecule has 1 aromatic carbocycles. The van der Waals surface area contributed by atoms with Crippen LogP contribution < -0.4 is 0 Å². The first-order chi connectivity index (χ1) is 13.6. The Morgan fingerprint density at radius 2 is 2.11 bits per heavy atom. The van der Waals surface area contributed by atoms with Crippen LogP contribution in [0, 0.1) is 18.3 Å². The molecule has 3 rings (SSSR count). The third kappa shape index (κ3) is 3.81. The Morgan fingerprint density at radius 3 is 2.82 bits per heavy atom. The number of hydrogen-bond acceptors (Lipinski definition) is 4. The number of esters is 1. The summed E-state index contributed by atoms with van der Waals surface area (Å²) >= 11 is 0. The Morgan fingerprint density at radius 1 is 1.29 bits per heavy atom. The second-order valence-corrected chi connectivity index (χ2v) is 6.47. The third-order valence-electron chi connectivity index (χ3n) is 4.68. The average molecular weight is 373 g/mol. The number of ether oxygens (including phenoxy) is 1. The molecular formula is C23H23N3O2. The molecule has 0 N–H and O–H groups in total. The molecule has 0 saturated carbocycles. The van der Waals surface area contributed by atoms with Crippen LogP contribution in [-0.2, 0) is 22.4 Å². The summed E-state index contributed by atoms with van der Waals surface area (Å²) in [5.41, 5.74) is 6.67. The number of rotatable bonds is 6. The van der Waals surface area contributed by atoms with E-state index >= 15 is 0 Å². The van der Waals surface area contributed by atoms with Crippen molar-refractivity contribution in [1.29, 1.82) is 5.26 Å². The fraction of sp³-hybridized carbons (Fsp3) is 0.261. The van der Waals surface area contributed by atoms with E-state index in [4.69, 9.17) is 9.84 Å². The van der Waals surface area contributed by atoms with E-state index in [0.29, 0.717) is 18.6 Å². The molecule has 0 bridgehead atoms. The zero-order valence-electron chi connectivity index (χ0n) is 16.4. The maximum Gasteiger partial charge on any atom is 0.330 e. The summed E-state index contributed by atoms with van der Waals surface area (Å²) < 4.78 is 6.94. The first kappa shape index (κ1) is 19.4. The number of carbonyl (C=O) groups excluding carboxylic acids is 1. The fourth-order valence-electron chi connectivity index (χ4n) is 3.37. The smallest absolute Gasteiger partial charge is 0.330 e. The predicted octanol–water partition coefficient (Wildman–Crippen LogP) is 4.41. The van der Waals surface area contributed by atoms with Gasteiger partial charge in [0.2, 0.25) is 0 Å². The van der Waals surface area contributed by atoms with Crippen molar-refractivity contribution in [2.24, 2.45) is 0 Å². The van der Waals surface area contributed by atoms with E-state index in [0.717, 1.165) is 40.0 Å². The molecule has 0 aliphatic heterocycles. The molecule has 0 radical (unpaired) electrons. The second-order valence-electron chi connectivity index (χ2n) is 6.47. The Bertz CT molecular complexity index is 1090. The summed E-state index contributed by atoms with van der Waals surface area (Å²) in [4.78, 5) is 11.6. The molecule has 0 aliphatic rings. The molecule has 5 nitrogen and oxygen atoms in total. The van der Waals surface area contributed by atoms with E-state index in [-0.39, 0.29) is 5.97 Å². The summed E-state index contributed by atoms with van der Waals surface area (Å²) in [6.45, 7) is 6.21. The first-order valence-corrected chi connectivity index (χ1v) is 9.42. The number of aryl methyl sites for hydroxylation is 2. The van der Waals surface area contributed by atoms with Crippen molar-refractivity contribution in [3.05, 3.63) is 71.1 Å². The highest BCUT2D eigenvalue weighted by Gasteiger charge is 2.16. The predicted molar refractivity (Wildman–Crippen MR) is 109 cm³/mol. The average Bonchev–Trinajstić information content (AvgIpc) is 3.10. The Labute approximate surface area is 164 Å². The number of hydrogen-bond donors (Lipinski definition) is 0. The van der Waals surface area contributed by atoms with Crippen molar-refractivity contribution < 1.29 is 9.53 Å². The number of aromatic nitrogens is 2. The molecule has 142 valence electrons. The summed E-state index contributed by atoms with van der Waals surface area (Å²) in [5, 5.41) is 14.1. The van der Waals surface area contributed by atoms with Gasteiger partial charge in [0.05, 0.1) is 29.5 Å². The Balaban J connectivity index is 2.17. The summed E-state index contributed by atoms with van der Waals surface area (Å²) in [6, 6.07) is 13.9. The molecule has 0 amide bonds. The third-order valence-corrected chi connectivity index (χ3v) is 4.68. The van der Waals surface area contributed by atoms with Gasteiger partial charge in [-0.05, 0) is 62.1 Å². The summed E-state index contributed by atoms with van der Waals surface area (Å²) in [6.07, 6.45) is 4.69. The van der Waals surface area contributed by atoms with Crippen LogP contribution in [0.4, 0.5) is 0 Å². The van der Waals surface area contributed by atoms with Crippen molar-refractivity contribution >= 4 is 11.5 Å². The second kappa shape index (κ2) is 8.53. The topological polar surface area (TPSA) is 67.4 Å². The van der Waals surface area contributed by atoms with Gasteiger partial charge in [0.1, 0.15) is 0 Å². The molecule has 0 aliphatic carbocycles. The molecule has 2 heterocycles. The highest BCUT2D eigenvalue weighted by atomic mass is 16.5. The highest BCUT2D eigenvalue weighted by Crippen LogP contribution is 2.32. The minimum atomic E-state index is -0.349. The molecular weight excluding hydrogens is 350 g/mol. The van der Waals surface area contributed by atoms with Gasteiger partial charge < -0.3 is 4.74 Å². The quantitative estimate of drug-likeness (QED) is 0.474. The van der Waals surface area contributed by atoms with Gasteiger partial charge in [-0.1, -0.05) is 25.1 Å². The van der Waals surface area contributed by atoms with Crippen LogP contribution in [0.15, 0.2) is 48.6 Å². The van der Waals surface area contributed by atoms with E-state index in [2.05, 4.69) is 25.1 Å². The zero-order chi connectivity index (χ0) is 20.1. The number of nitriles is 1. The number of nitrogens with zero attached hydrogens (tertiary/aromatic N) is 3. The van der Waals surface area contributed by atoms with E-state index in [1.807, 2.05) is 29.6 Å². The first-order valence-electron chi connectivity index (χ1n) is 9.42. The minimum Gasteiger partial charge on any atom is -0.463 e. The SMILES string of the molecule is CCOC(=O)/C=C/Cc1c(C)nn2c(CC)ccc2c1-c1cccc(C#N)c1. The van der Waals surface area contributed by atoms with Crippen LogP contribution in [0.25, 0.3) is 16.6 Å². The summed E-state index contributed by atoms with van der Waals surface area (Å²) in [5.74, 6) is -0.349. The van der Waals surface area contributed by atoms with Gasteiger partial charge in [0.15, 0.2) is 0 Å². The van der Waals surface area contributed by atoms with Gasteiger partial charge in [-0.2, -0.15) is 10.4 Å². The zero-order valence-corrected chi connectivity index (χ0v) is 16.4. The van der Waals surface area contributed by atoms with Gasteiger partial charge in [-0.3, -0.25) is 0 Å². The summed E-state index contributed by atoms with van der Waals surface area (Å²) in [7, 11) is 0. The van der Waals surface area contributed by atoms with Crippen molar-refractivity contribution in [2.75, 3.05) is 6.61 Å². The highest BCUT2D eigenvalue weighted by molar-refractivity contribution is 5.85. The Hall–Kier alpha value is -3.39. The minimum absolute atomic E-state index is 0.349. The largest absolute Gasteiger partial charge is 0.463 e. The van der Waals surface area contributed by atoms with Crippen LogP contribution in [0.5, 0.6) is 0 Å². The lowest BCUT2D eigenvalue weighted by Gasteiger charge is -2.15. The van der Waals surface area contributed by atoms with E-state index in [1.54, 1.807) is 19.1 Å². The van der Waals surface area contributed by atoms with Crippen molar-refractivity contribution in [1.82, 2.24) is 9.61 Å². The molecule has 0 fully saturated rings. The van der Waals surface area contributed by atoms with Crippen LogP contribution in [0.2, 0.25) is 0 Å². The van der Waals surface area contributed by atoms with E-state index in [1.165, 1.54) is 6.08 Å². The standard InChI is InChI=1S/C23H23N3O2/c1-4-19-12-13-21-23(18-9-6-8-17(14-18)15-24)20(16(3)25-26(19)21)10-7-11-22(27)28-5-2/h6-9,11-14H,4-5,10H2,1-3H3/b11-7+. The van der Waals surface area contributed by atoms with Gasteiger partial charge in [0.25, 0.3) is 0 Å². The van der Waals surface area contributed by atoms with Crippen LogP contribution in [0.3, 0.4) is 0 Å². The van der Waals surface area contributed by atoms with E-state index in [9.17, 15) is 10.1 Å². The van der Waals surface area contributed by atoms with Gasteiger partial charge in [0, 0.05) is 17.3 Å². The monoisotopic (exact) mass is 373 g/mol. The van der Waals surface area contributed by atoms with Crippen LogP contribution in [0.1, 0.15) is 36.4 Å². The van der Waals surface area contributed by atoms with Crippen molar-refractivity contribution in [3.8, 4) is 17.2 Å². The van der Waals surface area contributed by atoms with E-state index < -0.39 is 0 Å². The molecule has 28 heavy (non-hydrogen) atoms. The van der Waals surface area contributed by atoms with Gasteiger partial charge in [-0.25, -0.2) is 9.31 Å². The number of carbonyl (C=O) groups is 1. The maximum absolute atomic E-state index is 11.6. The molecule has 0 atom stereocenters. The van der Waals surface area contributed by atoms with Gasteiger partial charge >= 0.3 is 5.97 Å². The van der Waals surface area contributed by atoms with Crippen molar-refractivity contribution in [2.45, 2.75) is 33.6 Å². The number of allylic oxidation sites excluding steroid dienone is 1. The molecule has 2 aromatic heterocycles. The maximum atomic E-state index is 11.6. The lowest BCUT2D eigenvalue weighted by atomic mass is 9.95. The fourth-order valence-corrected chi connectivity index (χ4v) is 3.37. The lowest BCUT2D eigenvalue weighted by molar-refractivity contribution is -0.137. The molecule has 0 spiro atoms. The van der Waals surface area contributed by atoms with Crippen LogP contribution >= 0.6 is 0 Å². The number of benzene rings is 1. The normalized spacial score (nSPS) is 11.1. The molecule has 5 heteroatoms. The molecule has 3 aromatic rings.